The summed E-state index contributed by atoms with van der Waals surface area (Å²) < 4.78 is 20.3. The molecular formula is C12H21N3O3S. The van der Waals surface area contributed by atoms with E-state index in [2.05, 4.69) is 14.7 Å². The van der Waals surface area contributed by atoms with Crippen LogP contribution in [0.2, 0.25) is 0 Å². The number of methoxy groups -OCH3 is 2. The van der Waals surface area contributed by atoms with Gasteiger partial charge in [-0.3, -0.25) is 0 Å². The highest BCUT2D eigenvalue weighted by Gasteiger charge is 2.32. The third-order valence-corrected chi connectivity index (χ3v) is 4.11. The van der Waals surface area contributed by atoms with Gasteiger partial charge in [0.2, 0.25) is 5.13 Å². The summed E-state index contributed by atoms with van der Waals surface area (Å²) in [5.41, 5.74) is -0.142. The second kappa shape index (κ2) is 7.14. The van der Waals surface area contributed by atoms with Crippen molar-refractivity contribution in [2.24, 2.45) is 0 Å². The molecule has 0 bridgehead atoms. The van der Waals surface area contributed by atoms with Gasteiger partial charge in [-0.1, -0.05) is 0 Å². The second-order valence-corrected chi connectivity index (χ2v) is 5.36. The Morgan fingerprint density at radius 3 is 2.84 bits per heavy atom. The van der Waals surface area contributed by atoms with Crippen molar-refractivity contribution < 1.29 is 14.2 Å². The number of nitrogens with one attached hydrogen (secondary N) is 1. The van der Waals surface area contributed by atoms with Crippen molar-refractivity contribution in [3.05, 3.63) is 5.82 Å². The molecule has 0 spiro atoms. The lowest BCUT2D eigenvalue weighted by molar-refractivity contribution is -0.0807. The molecule has 0 amide bonds. The van der Waals surface area contributed by atoms with Crippen LogP contribution >= 0.6 is 11.5 Å². The predicted octanol–water partition coefficient (Wildman–Crippen LogP) is 1.33. The minimum Gasteiger partial charge on any atom is -0.384 e. The molecule has 0 atom stereocenters. The van der Waals surface area contributed by atoms with Crippen molar-refractivity contribution >= 4 is 16.7 Å². The number of ether oxygens (including phenoxy) is 3. The molecule has 2 heterocycles. The molecular weight excluding hydrogens is 266 g/mol. The molecule has 1 aliphatic heterocycles. The van der Waals surface area contributed by atoms with Crippen molar-refractivity contribution in [3.63, 3.8) is 0 Å². The largest absolute Gasteiger partial charge is 0.384 e. The van der Waals surface area contributed by atoms with Gasteiger partial charge in [0.05, 0.1) is 12.2 Å². The van der Waals surface area contributed by atoms with Gasteiger partial charge >= 0.3 is 0 Å². The van der Waals surface area contributed by atoms with Crippen molar-refractivity contribution in [1.82, 2.24) is 9.36 Å². The molecule has 1 fully saturated rings. The number of nitrogens with zero attached hydrogens (tertiary/aromatic N) is 2. The lowest BCUT2D eigenvalue weighted by atomic mass is 9.94. The number of hydrogen-bond acceptors (Lipinski definition) is 7. The monoisotopic (exact) mass is 287 g/mol. The number of anilines is 1. The van der Waals surface area contributed by atoms with Gasteiger partial charge in [0, 0.05) is 64.8 Å². The minimum atomic E-state index is -0.142. The van der Waals surface area contributed by atoms with E-state index in [1.165, 1.54) is 11.5 Å². The summed E-state index contributed by atoms with van der Waals surface area (Å²) >= 11 is 1.38. The topological polar surface area (TPSA) is 65.5 Å². The first kappa shape index (κ1) is 14.6. The van der Waals surface area contributed by atoms with E-state index in [9.17, 15) is 0 Å². The zero-order valence-corrected chi connectivity index (χ0v) is 12.3. The Hall–Kier alpha value is -0.760. The van der Waals surface area contributed by atoms with Crippen molar-refractivity contribution in [1.29, 1.82) is 0 Å². The Morgan fingerprint density at radius 2 is 2.16 bits per heavy atom. The van der Waals surface area contributed by atoms with E-state index in [0.717, 1.165) is 50.0 Å². The van der Waals surface area contributed by atoms with Crippen LogP contribution in [0, 0.1) is 0 Å². The highest BCUT2D eigenvalue weighted by molar-refractivity contribution is 7.09. The molecule has 0 radical (unpaired) electrons. The van der Waals surface area contributed by atoms with Crippen molar-refractivity contribution in [3.8, 4) is 0 Å². The molecule has 1 saturated heterocycles. The first-order valence-electron chi connectivity index (χ1n) is 6.46. The van der Waals surface area contributed by atoms with Gasteiger partial charge < -0.3 is 19.5 Å². The first-order chi connectivity index (χ1) is 9.28. The summed E-state index contributed by atoms with van der Waals surface area (Å²) in [5, 5.41) is 4.17. The van der Waals surface area contributed by atoms with E-state index in [0.29, 0.717) is 6.61 Å². The van der Waals surface area contributed by atoms with Gasteiger partial charge in [-0.25, -0.2) is 4.98 Å². The fraction of sp³-hybridized carbons (Fsp3) is 0.833. The van der Waals surface area contributed by atoms with Gasteiger partial charge in [-0.05, 0) is 0 Å². The van der Waals surface area contributed by atoms with Crippen LogP contribution < -0.4 is 5.32 Å². The standard InChI is InChI=1S/C12H21N3O3S/c1-16-6-3-10-14-11(19-15-10)13-9-12(17-2)4-7-18-8-5-12/h3-9H2,1-2H3,(H,13,14,15). The highest BCUT2D eigenvalue weighted by Crippen LogP contribution is 2.25. The first-order valence-corrected chi connectivity index (χ1v) is 7.24. The molecule has 7 heteroatoms. The van der Waals surface area contributed by atoms with Crippen molar-refractivity contribution in [2.45, 2.75) is 24.9 Å². The van der Waals surface area contributed by atoms with E-state index in [-0.39, 0.29) is 5.60 Å². The molecule has 0 saturated carbocycles. The van der Waals surface area contributed by atoms with Crippen LogP contribution in [0.25, 0.3) is 0 Å². The molecule has 19 heavy (non-hydrogen) atoms. The Bertz CT molecular complexity index is 380. The number of rotatable bonds is 7. The third kappa shape index (κ3) is 4.10. The van der Waals surface area contributed by atoms with Crippen LogP contribution in [0.1, 0.15) is 18.7 Å². The molecule has 0 aliphatic carbocycles. The molecule has 6 nitrogen and oxygen atoms in total. The molecule has 1 aliphatic rings. The molecule has 1 aromatic heterocycles. The van der Waals surface area contributed by atoms with E-state index >= 15 is 0 Å². The van der Waals surface area contributed by atoms with Crippen LogP contribution in [0.4, 0.5) is 5.13 Å². The summed E-state index contributed by atoms with van der Waals surface area (Å²) in [6.45, 7) is 2.90. The van der Waals surface area contributed by atoms with Gasteiger partial charge in [0.1, 0.15) is 5.82 Å². The van der Waals surface area contributed by atoms with Gasteiger partial charge in [0.15, 0.2) is 0 Å². The summed E-state index contributed by atoms with van der Waals surface area (Å²) in [6, 6.07) is 0. The molecule has 108 valence electrons. The highest BCUT2D eigenvalue weighted by atomic mass is 32.1. The lowest BCUT2D eigenvalue weighted by Gasteiger charge is -2.35. The van der Waals surface area contributed by atoms with Gasteiger partial charge in [-0.15, -0.1) is 0 Å². The van der Waals surface area contributed by atoms with Crippen LogP contribution in [0.15, 0.2) is 0 Å². The number of hydrogen-bond donors (Lipinski definition) is 1. The maximum Gasteiger partial charge on any atom is 0.202 e. The van der Waals surface area contributed by atoms with E-state index in [1.54, 1.807) is 14.2 Å². The zero-order valence-electron chi connectivity index (χ0n) is 11.5. The summed E-state index contributed by atoms with van der Waals surface area (Å²) in [7, 11) is 3.44. The molecule has 1 N–H and O–H groups in total. The SMILES string of the molecule is COCCc1nsc(NCC2(OC)CCOCC2)n1. The summed E-state index contributed by atoms with van der Waals surface area (Å²) in [4.78, 5) is 4.43. The Kier molecular flexibility index (Phi) is 5.50. The molecule has 0 unspecified atom stereocenters. The average molecular weight is 287 g/mol. The lowest BCUT2D eigenvalue weighted by Crippen LogP contribution is -2.44. The Balaban J connectivity index is 1.84. The maximum absolute atomic E-state index is 5.67. The average Bonchev–Trinajstić information content (AvgIpc) is 2.92. The molecule has 0 aromatic carbocycles. The van der Waals surface area contributed by atoms with Gasteiger partial charge in [-0.2, -0.15) is 4.37 Å². The Labute approximate surface area is 117 Å². The normalized spacial score (nSPS) is 18.4. The fourth-order valence-electron chi connectivity index (χ4n) is 2.05. The van der Waals surface area contributed by atoms with Crippen LogP contribution in [-0.4, -0.2) is 55.5 Å². The minimum absolute atomic E-state index is 0.142. The van der Waals surface area contributed by atoms with Crippen LogP contribution in [0.3, 0.4) is 0 Å². The smallest absolute Gasteiger partial charge is 0.202 e. The van der Waals surface area contributed by atoms with Crippen LogP contribution in [0.5, 0.6) is 0 Å². The van der Waals surface area contributed by atoms with E-state index < -0.39 is 0 Å². The fourth-order valence-corrected chi connectivity index (χ4v) is 2.66. The predicted molar refractivity (Wildman–Crippen MR) is 73.8 cm³/mol. The Morgan fingerprint density at radius 1 is 1.37 bits per heavy atom. The molecule has 1 aromatic rings. The third-order valence-electron chi connectivity index (χ3n) is 3.40. The summed E-state index contributed by atoms with van der Waals surface area (Å²) in [5.74, 6) is 0.827. The number of aromatic nitrogens is 2. The maximum atomic E-state index is 5.67. The second-order valence-electron chi connectivity index (χ2n) is 4.61. The summed E-state index contributed by atoms with van der Waals surface area (Å²) in [6.07, 6.45) is 2.57. The zero-order chi connectivity index (χ0) is 13.6. The molecule has 2 rings (SSSR count). The van der Waals surface area contributed by atoms with E-state index in [1.807, 2.05) is 0 Å². The van der Waals surface area contributed by atoms with Crippen molar-refractivity contribution in [2.75, 3.05) is 45.9 Å². The van der Waals surface area contributed by atoms with E-state index in [4.69, 9.17) is 14.2 Å². The quantitative estimate of drug-likeness (QED) is 0.816. The van der Waals surface area contributed by atoms with Crippen LogP contribution in [-0.2, 0) is 20.6 Å². The van der Waals surface area contributed by atoms with Gasteiger partial charge in [0.25, 0.3) is 0 Å².